The first-order chi connectivity index (χ1) is 16.6. The summed E-state index contributed by atoms with van der Waals surface area (Å²) in [5.41, 5.74) is 7.69. The van der Waals surface area contributed by atoms with Gasteiger partial charge in [0.1, 0.15) is 10.7 Å². The number of hydrogen-bond acceptors (Lipinski definition) is 5. The van der Waals surface area contributed by atoms with Crippen LogP contribution in [0, 0.1) is 13.8 Å². The van der Waals surface area contributed by atoms with Crippen molar-refractivity contribution in [1.82, 2.24) is 4.98 Å². The number of aromatic nitrogens is 1. The average molecular weight is 472 g/mol. The summed E-state index contributed by atoms with van der Waals surface area (Å²) in [6, 6.07) is 18.6. The van der Waals surface area contributed by atoms with E-state index in [1.165, 1.54) is 34.9 Å². The molecule has 0 spiro atoms. The molecule has 0 bridgehead atoms. The van der Waals surface area contributed by atoms with E-state index in [2.05, 4.69) is 31.2 Å². The monoisotopic (exact) mass is 471 g/mol. The number of ether oxygens (including phenoxy) is 2. The molecule has 174 valence electrons. The number of hydrogen-bond donors (Lipinski definition) is 0. The van der Waals surface area contributed by atoms with Crippen LogP contribution in [0.25, 0.3) is 21.3 Å². The van der Waals surface area contributed by atoms with Gasteiger partial charge in [0.05, 0.1) is 20.3 Å². The Balaban J connectivity index is 1.65. The van der Waals surface area contributed by atoms with Crippen molar-refractivity contribution < 1.29 is 14.3 Å². The Morgan fingerprint density at radius 1 is 1.06 bits per heavy atom. The number of carbonyl (C=O) groups is 1. The van der Waals surface area contributed by atoms with Crippen LogP contribution in [0.1, 0.15) is 45.2 Å². The Labute approximate surface area is 204 Å². The van der Waals surface area contributed by atoms with Crippen molar-refractivity contribution in [2.45, 2.75) is 45.6 Å². The van der Waals surface area contributed by atoms with Crippen molar-refractivity contribution in [2.75, 3.05) is 13.7 Å². The van der Waals surface area contributed by atoms with Crippen LogP contribution in [0.3, 0.4) is 0 Å². The molecule has 1 unspecified atom stereocenters. The molecule has 4 nitrogen and oxygen atoms in total. The Kier molecular flexibility index (Phi) is 6.48. The van der Waals surface area contributed by atoms with Crippen molar-refractivity contribution >= 4 is 27.5 Å². The maximum absolute atomic E-state index is 13.1. The van der Waals surface area contributed by atoms with E-state index in [1.807, 2.05) is 37.3 Å². The molecule has 0 aliphatic heterocycles. The highest BCUT2D eigenvalue weighted by atomic mass is 32.1. The maximum Gasteiger partial charge on any atom is 0.315 e. The van der Waals surface area contributed by atoms with Crippen molar-refractivity contribution in [2.24, 2.45) is 0 Å². The van der Waals surface area contributed by atoms with E-state index < -0.39 is 5.92 Å². The van der Waals surface area contributed by atoms with Gasteiger partial charge in [-0.25, -0.2) is 4.98 Å². The van der Waals surface area contributed by atoms with Crippen LogP contribution < -0.4 is 0 Å². The molecule has 2 aromatic carbocycles. The quantitative estimate of drug-likeness (QED) is 0.287. The SMILES string of the molecule is COC(=O)C(COCc1ccccc1)c1c(C)nc2sc3c(c2c1-c1ccc(C)cc1)CCC3. The second-order valence-electron chi connectivity index (χ2n) is 8.97. The molecule has 1 atom stereocenters. The van der Waals surface area contributed by atoms with E-state index in [0.29, 0.717) is 6.61 Å². The van der Waals surface area contributed by atoms with Gasteiger partial charge in [0.2, 0.25) is 0 Å². The molecule has 0 amide bonds. The highest BCUT2D eigenvalue weighted by Gasteiger charge is 2.31. The van der Waals surface area contributed by atoms with Crippen LogP contribution >= 0.6 is 11.3 Å². The number of methoxy groups -OCH3 is 1. The molecule has 1 aliphatic rings. The Hall–Kier alpha value is -3.02. The first-order valence-corrected chi connectivity index (χ1v) is 12.6. The normalized spacial score (nSPS) is 13.7. The van der Waals surface area contributed by atoms with E-state index in [1.54, 1.807) is 11.3 Å². The average Bonchev–Trinajstić information content (AvgIpc) is 3.43. The molecule has 2 heterocycles. The summed E-state index contributed by atoms with van der Waals surface area (Å²) in [5.74, 6) is -0.851. The molecule has 4 aromatic rings. The molecule has 2 aromatic heterocycles. The van der Waals surface area contributed by atoms with Crippen LogP contribution in [0.4, 0.5) is 0 Å². The number of pyridine rings is 1. The van der Waals surface area contributed by atoms with Gasteiger partial charge in [-0.15, -0.1) is 11.3 Å². The number of nitrogens with zero attached hydrogens (tertiary/aromatic N) is 1. The van der Waals surface area contributed by atoms with Crippen LogP contribution in [0.2, 0.25) is 0 Å². The van der Waals surface area contributed by atoms with Gasteiger partial charge in [0.15, 0.2) is 0 Å². The number of rotatable bonds is 7. The molecule has 5 heteroatoms. The first kappa shape index (κ1) is 22.8. The number of fused-ring (bicyclic) bond motifs is 3. The lowest BCUT2D eigenvalue weighted by Gasteiger charge is -2.22. The molecule has 0 N–H and O–H groups in total. The summed E-state index contributed by atoms with van der Waals surface area (Å²) in [5, 5.41) is 1.21. The molecule has 5 rings (SSSR count). The lowest BCUT2D eigenvalue weighted by molar-refractivity contribution is -0.144. The summed E-state index contributed by atoms with van der Waals surface area (Å²) in [4.78, 5) is 20.6. The fourth-order valence-corrected chi connectivity index (χ4v) is 6.30. The lowest BCUT2D eigenvalue weighted by atomic mass is 9.86. The fraction of sp³-hybridized carbons (Fsp3) is 0.310. The third kappa shape index (κ3) is 4.26. The van der Waals surface area contributed by atoms with E-state index in [0.717, 1.165) is 45.6 Å². The van der Waals surface area contributed by atoms with Crippen LogP contribution in [0.5, 0.6) is 0 Å². The number of thiophene rings is 1. The van der Waals surface area contributed by atoms with Gasteiger partial charge >= 0.3 is 5.97 Å². The Bertz CT molecular complexity index is 1330. The molecule has 0 saturated heterocycles. The van der Waals surface area contributed by atoms with Gasteiger partial charge < -0.3 is 9.47 Å². The van der Waals surface area contributed by atoms with Crippen LogP contribution in [-0.2, 0) is 33.7 Å². The molecular formula is C29H29NO3S. The Morgan fingerprint density at radius 2 is 1.82 bits per heavy atom. The molecule has 0 fully saturated rings. The molecule has 1 aliphatic carbocycles. The fourth-order valence-electron chi connectivity index (χ4n) is 4.98. The molecule has 0 saturated carbocycles. The zero-order valence-corrected chi connectivity index (χ0v) is 20.7. The number of aryl methyl sites for hydroxylation is 4. The molecular weight excluding hydrogens is 442 g/mol. The summed E-state index contributed by atoms with van der Waals surface area (Å²) < 4.78 is 11.4. The minimum Gasteiger partial charge on any atom is -0.468 e. The summed E-state index contributed by atoms with van der Waals surface area (Å²) in [7, 11) is 1.45. The second-order valence-corrected chi connectivity index (χ2v) is 10.0. The zero-order valence-electron chi connectivity index (χ0n) is 19.9. The largest absolute Gasteiger partial charge is 0.468 e. The third-order valence-corrected chi connectivity index (χ3v) is 7.84. The smallest absolute Gasteiger partial charge is 0.315 e. The predicted molar refractivity (Wildman–Crippen MR) is 137 cm³/mol. The molecule has 0 radical (unpaired) electrons. The zero-order chi connectivity index (χ0) is 23.7. The highest BCUT2D eigenvalue weighted by molar-refractivity contribution is 7.19. The summed E-state index contributed by atoms with van der Waals surface area (Å²) >= 11 is 1.80. The van der Waals surface area contributed by atoms with Crippen LogP contribution in [0.15, 0.2) is 54.6 Å². The van der Waals surface area contributed by atoms with Gasteiger partial charge in [-0.2, -0.15) is 0 Å². The van der Waals surface area contributed by atoms with E-state index in [9.17, 15) is 4.79 Å². The first-order valence-electron chi connectivity index (χ1n) is 11.8. The van der Waals surface area contributed by atoms with Crippen molar-refractivity contribution in [3.8, 4) is 11.1 Å². The van der Waals surface area contributed by atoms with E-state index >= 15 is 0 Å². The number of esters is 1. The van der Waals surface area contributed by atoms with Gasteiger partial charge in [-0.3, -0.25) is 4.79 Å². The third-order valence-electron chi connectivity index (χ3n) is 6.65. The van der Waals surface area contributed by atoms with E-state index in [-0.39, 0.29) is 12.6 Å². The highest BCUT2D eigenvalue weighted by Crippen LogP contribution is 2.45. The predicted octanol–water partition coefficient (Wildman–Crippen LogP) is 6.54. The second kappa shape index (κ2) is 9.69. The van der Waals surface area contributed by atoms with Crippen LogP contribution in [-0.4, -0.2) is 24.7 Å². The van der Waals surface area contributed by atoms with Crippen molar-refractivity contribution in [3.63, 3.8) is 0 Å². The summed E-state index contributed by atoms with van der Waals surface area (Å²) in [6.45, 7) is 4.77. The maximum atomic E-state index is 13.1. The van der Waals surface area contributed by atoms with Crippen molar-refractivity contribution in [3.05, 3.63) is 87.4 Å². The van der Waals surface area contributed by atoms with Crippen molar-refractivity contribution in [1.29, 1.82) is 0 Å². The summed E-state index contributed by atoms with van der Waals surface area (Å²) in [6.07, 6.45) is 3.35. The topological polar surface area (TPSA) is 48.4 Å². The van der Waals surface area contributed by atoms with Gasteiger partial charge in [-0.1, -0.05) is 60.2 Å². The van der Waals surface area contributed by atoms with Gasteiger partial charge in [0.25, 0.3) is 0 Å². The number of carbonyl (C=O) groups excluding carboxylic acids is 1. The standard InChI is InChI=1S/C29H29NO3S/c1-18-12-14-21(15-13-18)26-25(19(2)30-28-27(26)22-10-7-11-24(22)34-28)23(29(31)32-3)17-33-16-20-8-5-4-6-9-20/h4-6,8-9,12-15,23H,7,10-11,16-17H2,1-3H3. The Morgan fingerprint density at radius 3 is 2.56 bits per heavy atom. The molecule has 34 heavy (non-hydrogen) atoms. The minimum absolute atomic E-state index is 0.237. The van der Waals surface area contributed by atoms with E-state index in [4.69, 9.17) is 14.5 Å². The minimum atomic E-state index is -0.557. The number of benzene rings is 2. The van der Waals surface area contributed by atoms with Gasteiger partial charge in [0, 0.05) is 16.0 Å². The lowest BCUT2D eigenvalue weighted by Crippen LogP contribution is -2.22. The van der Waals surface area contributed by atoms with Gasteiger partial charge in [-0.05, 0) is 60.9 Å².